The highest BCUT2D eigenvalue weighted by Gasteiger charge is 2.11. The molecule has 0 unspecified atom stereocenters. The summed E-state index contributed by atoms with van der Waals surface area (Å²) in [6, 6.07) is 13.1. The predicted molar refractivity (Wildman–Crippen MR) is 80.2 cm³/mol. The number of nitrogens with zero attached hydrogens (tertiary/aromatic N) is 1. The number of fused-ring (bicyclic) bond motifs is 1. The van der Waals surface area contributed by atoms with Crippen LogP contribution in [0.25, 0.3) is 11.1 Å². The van der Waals surface area contributed by atoms with E-state index >= 15 is 0 Å². The maximum absolute atomic E-state index is 9.53. The minimum absolute atomic E-state index is 0.532. The Morgan fingerprint density at radius 2 is 2.05 bits per heavy atom. The van der Waals surface area contributed by atoms with E-state index in [0.717, 1.165) is 21.6 Å². The van der Waals surface area contributed by atoms with Crippen LogP contribution in [-0.2, 0) is 0 Å². The lowest BCUT2D eigenvalue weighted by Crippen LogP contribution is -1.90. The van der Waals surface area contributed by atoms with Gasteiger partial charge < -0.3 is 9.52 Å². The fourth-order valence-corrected chi connectivity index (χ4v) is 2.91. The number of rotatable bonds is 3. The van der Waals surface area contributed by atoms with Crippen LogP contribution < -0.4 is 0 Å². The molecule has 1 N–H and O–H groups in total. The van der Waals surface area contributed by atoms with Gasteiger partial charge in [-0.3, -0.25) is 0 Å². The molecule has 0 aliphatic heterocycles. The zero-order valence-electron chi connectivity index (χ0n) is 10.7. The lowest BCUT2D eigenvalue weighted by Gasteiger charge is -2.07. The van der Waals surface area contributed by atoms with Gasteiger partial charge in [-0.25, -0.2) is 4.98 Å². The number of benzene rings is 2. The lowest BCUT2D eigenvalue weighted by molar-refractivity contribution is 0.199. The molecule has 1 aromatic heterocycles. The fourth-order valence-electron chi connectivity index (χ4n) is 1.85. The molecule has 0 saturated heterocycles. The SMILES string of the molecule is C[C@@H](O)c1ccc(Sc2nc3ccccc3o2)c(Cl)c1. The molecular weight excluding hydrogens is 294 g/mol. The maximum Gasteiger partial charge on any atom is 0.261 e. The zero-order chi connectivity index (χ0) is 14.1. The van der Waals surface area contributed by atoms with Gasteiger partial charge in [0, 0.05) is 4.90 Å². The summed E-state index contributed by atoms with van der Waals surface area (Å²) in [5.74, 6) is 0. The Kier molecular flexibility index (Phi) is 3.70. The van der Waals surface area contributed by atoms with E-state index in [1.807, 2.05) is 36.4 Å². The first-order chi connectivity index (χ1) is 9.63. The Balaban J connectivity index is 1.90. The second-order valence-electron chi connectivity index (χ2n) is 4.42. The van der Waals surface area contributed by atoms with Gasteiger partial charge in [0.05, 0.1) is 11.1 Å². The summed E-state index contributed by atoms with van der Waals surface area (Å²) in [6.45, 7) is 1.71. The minimum atomic E-state index is -0.532. The van der Waals surface area contributed by atoms with E-state index in [4.69, 9.17) is 16.0 Å². The molecule has 1 atom stereocenters. The number of hydrogen-bond acceptors (Lipinski definition) is 4. The monoisotopic (exact) mass is 305 g/mol. The Morgan fingerprint density at radius 3 is 2.75 bits per heavy atom. The molecule has 0 fully saturated rings. The molecule has 3 rings (SSSR count). The summed E-state index contributed by atoms with van der Waals surface area (Å²) in [6.07, 6.45) is -0.532. The van der Waals surface area contributed by atoms with Crippen molar-refractivity contribution in [2.45, 2.75) is 23.1 Å². The smallest absolute Gasteiger partial charge is 0.261 e. The molecule has 0 spiro atoms. The molecule has 2 aromatic carbocycles. The Morgan fingerprint density at radius 1 is 1.25 bits per heavy atom. The summed E-state index contributed by atoms with van der Waals surface area (Å²) in [4.78, 5) is 5.24. The summed E-state index contributed by atoms with van der Waals surface area (Å²) < 4.78 is 5.65. The van der Waals surface area contributed by atoms with Crippen LogP contribution in [0.1, 0.15) is 18.6 Å². The van der Waals surface area contributed by atoms with Gasteiger partial charge in [0.2, 0.25) is 0 Å². The van der Waals surface area contributed by atoms with Gasteiger partial charge in [-0.05, 0) is 48.5 Å². The van der Waals surface area contributed by atoms with E-state index in [0.29, 0.717) is 10.2 Å². The van der Waals surface area contributed by atoms with Crippen LogP contribution in [0.15, 0.2) is 57.0 Å². The summed E-state index contributed by atoms with van der Waals surface area (Å²) >= 11 is 7.59. The van der Waals surface area contributed by atoms with Gasteiger partial charge in [-0.1, -0.05) is 29.8 Å². The number of halogens is 1. The van der Waals surface area contributed by atoms with E-state index in [2.05, 4.69) is 4.98 Å². The van der Waals surface area contributed by atoms with Gasteiger partial charge >= 0.3 is 0 Å². The molecule has 1 heterocycles. The number of oxazole rings is 1. The topological polar surface area (TPSA) is 46.3 Å². The van der Waals surface area contributed by atoms with Crippen molar-refractivity contribution in [2.24, 2.45) is 0 Å². The van der Waals surface area contributed by atoms with Crippen molar-refractivity contribution in [3.05, 3.63) is 53.1 Å². The molecule has 0 saturated carbocycles. The predicted octanol–water partition coefficient (Wildman–Crippen LogP) is 4.69. The highest BCUT2D eigenvalue weighted by atomic mass is 35.5. The maximum atomic E-state index is 9.53. The van der Waals surface area contributed by atoms with Crippen molar-refractivity contribution < 1.29 is 9.52 Å². The fraction of sp³-hybridized carbons (Fsp3) is 0.133. The molecule has 0 bridgehead atoms. The normalized spacial score (nSPS) is 12.8. The quantitative estimate of drug-likeness (QED) is 0.763. The third kappa shape index (κ3) is 2.68. The van der Waals surface area contributed by atoms with Crippen molar-refractivity contribution in [3.8, 4) is 0 Å². The molecule has 20 heavy (non-hydrogen) atoms. The molecule has 0 aliphatic carbocycles. The molecule has 3 nitrogen and oxygen atoms in total. The first kappa shape index (κ1) is 13.5. The summed E-state index contributed by atoms with van der Waals surface area (Å²) in [7, 11) is 0. The third-order valence-electron chi connectivity index (χ3n) is 2.91. The first-order valence-electron chi connectivity index (χ1n) is 6.14. The molecule has 0 aliphatic rings. The molecule has 0 radical (unpaired) electrons. The van der Waals surface area contributed by atoms with Crippen molar-refractivity contribution >= 4 is 34.5 Å². The van der Waals surface area contributed by atoms with Crippen LogP contribution in [0.5, 0.6) is 0 Å². The number of aliphatic hydroxyl groups is 1. The summed E-state index contributed by atoms with van der Waals surface area (Å²) in [5.41, 5.74) is 2.37. The van der Waals surface area contributed by atoms with Gasteiger partial charge in [0.1, 0.15) is 5.52 Å². The van der Waals surface area contributed by atoms with Crippen molar-refractivity contribution in [1.29, 1.82) is 0 Å². The number of aliphatic hydroxyl groups excluding tert-OH is 1. The number of aromatic nitrogens is 1. The van der Waals surface area contributed by atoms with Crippen molar-refractivity contribution in [2.75, 3.05) is 0 Å². The lowest BCUT2D eigenvalue weighted by atomic mass is 10.1. The van der Waals surface area contributed by atoms with Crippen LogP contribution >= 0.6 is 23.4 Å². The molecule has 5 heteroatoms. The third-order valence-corrected chi connectivity index (χ3v) is 4.26. The number of hydrogen-bond donors (Lipinski definition) is 1. The summed E-state index contributed by atoms with van der Waals surface area (Å²) in [5, 5.41) is 10.7. The number of para-hydroxylation sites is 2. The van der Waals surface area contributed by atoms with Crippen LogP contribution in [0.4, 0.5) is 0 Å². The van der Waals surface area contributed by atoms with E-state index in [1.165, 1.54) is 11.8 Å². The van der Waals surface area contributed by atoms with Crippen LogP contribution in [-0.4, -0.2) is 10.1 Å². The standard InChI is InChI=1S/C15H12ClNO2S/c1-9(18)10-6-7-14(11(16)8-10)20-15-17-12-4-2-3-5-13(12)19-15/h2-9,18H,1H3/t9-/m1/s1. The Labute approximate surface area is 125 Å². The Hall–Kier alpha value is -1.49. The average molecular weight is 306 g/mol. The van der Waals surface area contributed by atoms with Crippen LogP contribution in [0, 0.1) is 0 Å². The average Bonchev–Trinajstić information content (AvgIpc) is 2.83. The molecule has 3 aromatic rings. The Bertz CT molecular complexity index is 721. The van der Waals surface area contributed by atoms with E-state index < -0.39 is 6.10 Å². The highest BCUT2D eigenvalue weighted by Crippen LogP contribution is 2.35. The second-order valence-corrected chi connectivity index (χ2v) is 5.82. The van der Waals surface area contributed by atoms with E-state index in [-0.39, 0.29) is 0 Å². The van der Waals surface area contributed by atoms with Crippen molar-refractivity contribution in [1.82, 2.24) is 4.98 Å². The van der Waals surface area contributed by atoms with Crippen LogP contribution in [0.2, 0.25) is 5.02 Å². The minimum Gasteiger partial charge on any atom is -0.431 e. The van der Waals surface area contributed by atoms with E-state index in [1.54, 1.807) is 13.0 Å². The van der Waals surface area contributed by atoms with Gasteiger partial charge in [0.25, 0.3) is 5.22 Å². The van der Waals surface area contributed by atoms with Gasteiger partial charge in [0.15, 0.2) is 5.58 Å². The zero-order valence-corrected chi connectivity index (χ0v) is 12.3. The van der Waals surface area contributed by atoms with Gasteiger partial charge in [-0.15, -0.1) is 0 Å². The first-order valence-corrected chi connectivity index (χ1v) is 7.34. The highest BCUT2D eigenvalue weighted by molar-refractivity contribution is 7.99. The van der Waals surface area contributed by atoms with Gasteiger partial charge in [-0.2, -0.15) is 0 Å². The van der Waals surface area contributed by atoms with Crippen molar-refractivity contribution in [3.63, 3.8) is 0 Å². The molecule has 0 amide bonds. The second kappa shape index (κ2) is 5.48. The van der Waals surface area contributed by atoms with Crippen LogP contribution in [0.3, 0.4) is 0 Å². The van der Waals surface area contributed by atoms with E-state index in [9.17, 15) is 5.11 Å². The molecular formula is C15H12ClNO2S. The molecule has 102 valence electrons. The largest absolute Gasteiger partial charge is 0.431 e.